The molecule has 2 heterocycles. The number of sulfonamides is 1. The largest absolute Gasteiger partial charge is 0.461 e. The third kappa shape index (κ3) is 3.46. The van der Waals surface area contributed by atoms with Gasteiger partial charge in [0, 0.05) is 6.20 Å². The SMILES string of the molecule is CCOC(=O)c1nnn(-c2ccc(S(N)(=O)=O)cc2)c1-c1ccccn1. The van der Waals surface area contributed by atoms with Crippen molar-refractivity contribution in [2.24, 2.45) is 5.14 Å². The van der Waals surface area contributed by atoms with Crippen LogP contribution in [-0.2, 0) is 14.8 Å². The number of primary sulfonamides is 1. The Kier molecular flexibility index (Phi) is 4.78. The van der Waals surface area contributed by atoms with E-state index in [0.29, 0.717) is 17.1 Å². The summed E-state index contributed by atoms with van der Waals surface area (Å²) in [6, 6.07) is 10.9. The zero-order chi connectivity index (χ0) is 18.7. The summed E-state index contributed by atoms with van der Waals surface area (Å²) in [6.45, 7) is 1.88. The number of carbonyl (C=O) groups excluding carboxylic acids is 1. The number of hydrogen-bond acceptors (Lipinski definition) is 7. The third-order valence-corrected chi connectivity index (χ3v) is 4.39. The number of carbonyl (C=O) groups is 1. The number of nitrogens with two attached hydrogens (primary N) is 1. The fourth-order valence-corrected chi connectivity index (χ4v) is 2.82. The summed E-state index contributed by atoms with van der Waals surface area (Å²) in [5.74, 6) is -0.624. The molecule has 0 bridgehead atoms. The highest BCUT2D eigenvalue weighted by molar-refractivity contribution is 7.89. The topological polar surface area (TPSA) is 130 Å². The minimum absolute atomic E-state index is 0.0149. The molecule has 0 aliphatic rings. The molecular formula is C16H15N5O4S. The van der Waals surface area contributed by atoms with Crippen LogP contribution in [0.1, 0.15) is 17.4 Å². The molecular weight excluding hydrogens is 358 g/mol. The molecule has 26 heavy (non-hydrogen) atoms. The van der Waals surface area contributed by atoms with E-state index in [-0.39, 0.29) is 17.2 Å². The van der Waals surface area contributed by atoms with Gasteiger partial charge in [-0.05, 0) is 43.3 Å². The van der Waals surface area contributed by atoms with Gasteiger partial charge in [-0.1, -0.05) is 11.3 Å². The third-order valence-electron chi connectivity index (χ3n) is 3.46. The molecule has 0 atom stereocenters. The zero-order valence-corrected chi connectivity index (χ0v) is 14.5. The molecule has 0 unspecified atom stereocenters. The molecule has 0 saturated carbocycles. The molecule has 0 saturated heterocycles. The van der Waals surface area contributed by atoms with Crippen LogP contribution in [0.4, 0.5) is 0 Å². The van der Waals surface area contributed by atoms with Crippen molar-refractivity contribution in [2.45, 2.75) is 11.8 Å². The molecule has 3 aromatic rings. The lowest BCUT2D eigenvalue weighted by molar-refractivity contribution is 0.0520. The van der Waals surface area contributed by atoms with Crippen LogP contribution in [0.2, 0.25) is 0 Å². The Balaban J connectivity index is 2.15. The lowest BCUT2D eigenvalue weighted by atomic mass is 10.2. The summed E-state index contributed by atoms with van der Waals surface area (Å²) in [4.78, 5) is 16.4. The number of aromatic nitrogens is 4. The van der Waals surface area contributed by atoms with Crippen LogP contribution in [0.3, 0.4) is 0 Å². The van der Waals surface area contributed by atoms with Gasteiger partial charge in [0.1, 0.15) is 5.69 Å². The van der Waals surface area contributed by atoms with Crippen LogP contribution >= 0.6 is 0 Å². The van der Waals surface area contributed by atoms with Crippen LogP contribution < -0.4 is 5.14 Å². The van der Waals surface area contributed by atoms with Crippen LogP contribution in [-0.4, -0.2) is 41.0 Å². The lowest BCUT2D eigenvalue weighted by Crippen LogP contribution is -2.12. The van der Waals surface area contributed by atoms with E-state index >= 15 is 0 Å². The average molecular weight is 373 g/mol. The lowest BCUT2D eigenvalue weighted by Gasteiger charge is -2.08. The molecule has 0 spiro atoms. The van der Waals surface area contributed by atoms with Gasteiger partial charge in [0.15, 0.2) is 0 Å². The van der Waals surface area contributed by atoms with Crippen LogP contribution in [0.15, 0.2) is 53.6 Å². The van der Waals surface area contributed by atoms with E-state index in [1.165, 1.54) is 28.9 Å². The van der Waals surface area contributed by atoms with Crippen molar-refractivity contribution in [2.75, 3.05) is 6.61 Å². The Bertz CT molecular complexity index is 1030. The van der Waals surface area contributed by atoms with Gasteiger partial charge in [-0.15, -0.1) is 5.10 Å². The van der Waals surface area contributed by atoms with Crippen molar-refractivity contribution in [3.63, 3.8) is 0 Å². The summed E-state index contributed by atoms with van der Waals surface area (Å²) in [7, 11) is -3.81. The van der Waals surface area contributed by atoms with Gasteiger partial charge in [0.2, 0.25) is 15.7 Å². The number of nitrogens with zero attached hydrogens (tertiary/aromatic N) is 4. The molecule has 9 nitrogen and oxygen atoms in total. The predicted molar refractivity (Wildman–Crippen MR) is 91.9 cm³/mol. The van der Waals surface area contributed by atoms with Crippen LogP contribution in [0.5, 0.6) is 0 Å². The predicted octanol–water partition coefficient (Wildman–Crippen LogP) is 1.15. The van der Waals surface area contributed by atoms with E-state index in [1.807, 2.05) is 0 Å². The summed E-state index contributed by atoms with van der Waals surface area (Å²) in [5, 5.41) is 13.0. The van der Waals surface area contributed by atoms with Crippen LogP contribution in [0, 0.1) is 0 Å². The minimum atomic E-state index is -3.81. The minimum Gasteiger partial charge on any atom is -0.461 e. The van der Waals surface area contributed by atoms with Crippen molar-refractivity contribution >= 4 is 16.0 Å². The van der Waals surface area contributed by atoms with Crippen molar-refractivity contribution in [1.29, 1.82) is 0 Å². The molecule has 0 fully saturated rings. The highest BCUT2D eigenvalue weighted by Crippen LogP contribution is 2.24. The maximum Gasteiger partial charge on any atom is 0.361 e. The summed E-state index contributed by atoms with van der Waals surface area (Å²) >= 11 is 0. The second-order valence-electron chi connectivity index (χ2n) is 5.17. The first-order valence-electron chi connectivity index (χ1n) is 7.59. The molecule has 0 radical (unpaired) electrons. The summed E-state index contributed by atoms with van der Waals surface area (Å²) < 4.78 is 29.2. The second-order valence-corrected chi connectivity index (χ2v) is 6.73. The van der Waals surface area contributed by atoms with Crippen molar-refractivity contribution in [3.8, 4) is 17.1 Å². The van der Waals surface area contributed by atoms with E-state index in [9.17, 15) is 13.2 Å². The number of pyridine rings is 1. The molecule has 1 aromatic carbocycles. The van der Waals surface area contributed by atoms with Gasteiger partial charge in [-0.2, -0.15) is 0 Å². The molecule has 0 aliphatic carbocycles. The quantitative estimate of drug-likeness (QED) is 0.664. The van der Waals surface area contributed by atoms with Crippen molar-refractivity contribution in [3.05, 3.63) is 54.4 Å². The van der Waals surface area contributed by atoms with Gasteiger partial charge < -0.3 is 4.74 Å². The number of ether oxygens (including phenoxy) is 1. The molecule has 0 amide bonds. The van der Waals surface area contributed by atoms with Gasteiger partial charge in [0.05, 0.1) is 22.9 Å². The van der Waals surface area contributed by atoms with Gasteiger partial charge in [-0.3, -0.25) is 4.98 Å². The van der Waals surface area contributed by atoms with Crippen molar-refractivity contribution < 1.29 is 17.9 Å². The maximum absolute atomic E-state index is 12.2. The zero-order valence-electron chi connectivity index (χ0n) is 13.7. The number of benzene rings is 1. The smallest absolute Gasteiger partial charge is 0.361 e. The van der Waals surface area contributed by atoms with E-state index < -0.39 is 16.0 Å². The fraction of sp³-hybridized carbons (Fsp3) is 0.125. The van der Waals surface area contributed by atoms with E-state index in [4.69, 9.17) is 9.88 Å². The Morgan fingerprint density at radius 3 is 2.50 bits per heavy atom. The van der Waals surface area contributed by atoms with Gasteiger partial charge >= 0.3 is 5.97 Å². The number of hydrogen-bond donors (Lipinski definition) is 1. The Morgan fingerprint density at radius 2 is 1.92 bits per heavy atom. The van der Waals surface area contributed by atoms with Crippen LogP contribution in [0.25, 0.3) is 17.1 Å². The Labute approximate surface area is 149 Å². The summed E-state index contributed by atoms with van der Waals surface area (Å²) in [5.41, 5.74) is 1.31. The second kappa shape index (κ2) is 7.02. The summed E-state index contributed by atoms with van der Waals surface area (Å²) in [6.07, 6.45) is 1.58. The first-order chi connectivity index (χ1) is 12.4. The number of rotatable bonds is 5. The average Bonchev–Trinajstić information content (AvgIpc) is 3.07. The van der Waals surface area contributed by atoms with Gasteiger partial charge in [-0.25, -0.2) is 23.0 Å². The molecule has 10 heteroatoms. The molecule has 0 aliphatic heterocycles. The van der Waals surface area contributed by atoms with E-state index in [2.05, 4.69) is 15.3 Å². The first kappa shape index (κ1) is 17.7. The van der Waals surface area contributed by atoms with Crippen molar-refractivity contribution in [1.82, 2.24) is 20.0 Å². The van der Waals surface area contributed by atoms with E-state index in [1.54, 1.807) is 31.3 Å². The van der Waals surface area contributed by atoms with E-state index in [0.717, 1.165) is 0 Å². The standard InChI is InChI=1S/C16H15N5O4S/c1-2-25-16(22)14-15(13-5-3-4-10-18-13)21(20-19-14)11-6-8-12(9-7-11)26(17,23)24/h3-10H,2H2,1H3,(H2,17,23,24). The maximum atomic E-state index is 12.2. The fourth-order valence-electron chi connectivity index (χ4n) is 2.31. The highest BCUT2D eigenvalue weighted by Gasteiger charge is 2.24. The molecule has 2 aromatic heterocycles. The monoisotopic (exact) mass is 373 g/mol. The molecule has 134 valence electrons. The highest BCUT2D eigenvalue weighted by atomic mass is 32.2. The number of esters is 1. The normalized spacial score (nSPS) is 11.3. The molecule has 2 N–H and O–H groups in total. The first-order valence-corrected chi connectivity index (χ1v) is 9.14. The van der Waals surface area contributed by atoms with Gasteiger partial charge in [0.25, 0.3) is 0 Å². The Morgan fingerprint density at radius 1 is 1.19 bits per heavy atom. The Hall–Kier alpha value is -3.11. The molecule has 3 rings (SSSR count).